The Balaban J connectivity index is 2.36. The topological polar surface area (TPSA) is 12.5 Å². The lowest BCUT2D eigenvalue weighted by Gasteiger charge is -2.34. The van der Waals surface area contributed by atoms with Crippen molar-refractivity contribution in [3.8, 4) is 0 Å². The third-order valence-corrected chi connectivity index (χ3v) is 1.98. The Kier molecular flexibility index (Phi) is 3.43. The third kappa shape index (κ3) is 2.85. The molecule has 64 valence electrons. The third-order valence-electron chi connectivity index (χ3n) is 1.83. The van der Waals surface area contributed by atoms with E-state index in [1.807, 2.05) is 0 Å². The first-order valence-electron chi connectivity index (χ1n) is 4.04. The highest BCUT2D eigenvalue weighted by molar-refractivity contribution is 7.79. The first-order valence-corrected chi connectivity index (χ1v) is 4.51. The molecular weight excluding hydrogens is 158 g/mol. The molecule has 1 aliphatic heterocycles. The maximum absolute atomic E-state index is 5.57. The number of nitrogens with zero attached hydrogens (tertiary/aromatic N) is 1. The number of thiocarbonyl (C=S) groups is 1. The zero-order chi connectivity index (χ0) is 8.27. The molecule has 2 nitrogen and oxygen atoms in total. The fourth-order valence-corrected chi connectivity index (χ4v) is 1.75. The normalized spacial score (nSPS) is 33.6. The molecule has 2 atom stereocenters. The molecule has 1 fully saturated rings. The predicted octanol–water partition coefficient (Wildman–Crippen LogP) is 1.10. The lowest BCUT2D eigenvalue weighted by molar-refractivity contribution is -0.0631. The Morgan fingerprint density at radius 3 is 2.45 bits per heavy atom. The van der Waals surface area contributed by atoms with E-state index in [9.17, 15) is 0 Å². The van der Waals surface area contributed by atoms with Gasteiger partial charge in [-0.1, -0.05) is 12.2 Å². The molecule has 0 unspecified atom stereocenters. The number of rotatable bonds is 2. The average molecular weight is 173 g/mol. The minimum atomic E-state index is 0.355. The van der Waals surface area contributed by atoms with Gasteiger partial charge in [-0.3, -0.25) is 4.90 Å². The molecule has 3 heteroatoms. The van der Waals surface area contributed by atoms with Gasteiger partial charge in [0, 0.05) is 19.6 Å². The Morgan fingerprint density at radius 2 is 2.00 bits per heavy atom. The van der Waals surface area contributed by atoms with Gasteiger partial charge in [-0.05, 0) is 19.2 Å². The van der Waals surface area contributed by atoms with Crippen LogP contribution in [0.5, 0.6) is 0 Å². The highest BCUT2D eigenvalue weighted by Gasteiger charge is 2.20. The molecule has 0 radical (unpaired) electrons. The van der Waals surface area contributed by atoms with Crippen LogP contribution in [0.3, 0.4) is 0 Å². The summed E-state index contributed by atoms with van der Waals surface area (Å²) in [5.41, 5.74) is 0. The standard InChI is InChI=1S/C8H15NOS/c1-7-5-9(3-4-11)6-8(2)10-7/h4,7-8H,3,5-6H2,1-2H3/t7-,8+. The highest BCUT2D eigenvalue weighted by atomic mass is 32.1. The first-order chi connectivity index (χ1) is 5.22. The van der Waals surface area contributed by atoms with E-state index in [1.165, 1.54) is 0 Å². The lowest BCUT2D eigenvalue weighted by atomic mass is 10.2. The largest absolute Gasteiger partial charge is 0.373 e. The van der Waals surface area contributed by atoms with E-state index in [2.05, 4.69) is 18.7 Å². The molecule has 1 heterocycles. The molecule has 0 saturated carbocycles. The zero-order valence-electron chi connectivity index (χ0n) is 7.12. The summed E-state index contributed by atoms with van der Waals surface area (Å²) in [6, 6.07) is 0. The molecule has 0 aliphatic carbocycles. The number of ether oxygens (including phenoxy) is 1. The molecule has 1 saturated heterocycles. The summed E-state index contributed by atoms with van der Waals surface area (Å²) >= 11 is 4.80. The molecule has 1 aliphatic rings. The maximum Gasteiger partial charge on any atom is 0.0678 e. The van der Waals surface area contributed by atoms with E-state index in [-0.39, 0.29) is 0 Å². The van der Waals surface area contributed by atoms with Gasteiger partial charge in [0.25, 0.3) is 0 Å². The van der Waals surface area contributed by atoms with Crippen molar-refractivity contribution >= 4 is 17.6 Å². The van der Waals surface area contributed by atoms with Crippen molar-refractivity contribution in [1.29, 1.82) is 0 Å². The van der Waals surface area contributed by atoms with Gasteiger partial charge < -0.3 is 4.74 Å². The summed E-state index contributed by atoms with van der Waals surface area (Å²) < 4.78 is 5.57. The van der Waals surface area contributed by atoms with Crippen LogP contribution < -0.4 is 0 Å². The number of hydrogen-bond donors (Lipinski definition) is 0. The monoisotopic (exact) mass is 173 g/mol. The zero-order valence-corrected chi connectivity index (χ0v) is 7.93. The van der Waals surface area contributed by atoms with Crippen molar-refractivity contribution < 1.29 is 4.74 Å². The van der Waals surface area contributed by atoms with E-state index in [0.29, 0.717) is 12.2 Å². The van der Waals surface area contributed by atoms with Gasteiger partial charge in [-0.25, -0.2) is 0 Å². The SMILES string of the molecule is C[C@@H]1CN(CC=S)C[C@H](C)O1. The Hall–Kier alpha value is 0.01000. The Bertz CT molecular complexity index is 130. The van der Waals surface area contributed by atoms with Crippen LogP contribution in [0, 0.1) is 0 Å². The minimum Gasteiger partial charge on any atom is -0.373 e. The molecule has 0 bridgehead atoms. The quantitative estimate of drug-likeness (QED) is 0.580. The summed E-state index contributed by atoms with van der Waals surface area (Å²) in [7, 11) is 0. The van der Waals surface area contributed by atoms with Gasteiger partial charge in [0.1, 0.15) is 0 Å². The van der Waals surface area contributed by atoms with Crippen molar-refractivity contribution in [3.63, 3.8) is 0 Å². The van der Waals surface area contributed by atoms with Gasteiger partial charge in [0.05, 0.1) is 12.2 Å². The van der Waals surface area contributed by atoms with E-state index in [0.717, 1.165) is 19.6 Å². The van der Waals surface area contributed by atoms with Crippen molar-refractivity contribution in [2.75, 3.05) is 19.6 Å². The van der Waals surface area contributed by atoms with Gasteiger partial charge in [0.2, 0.25) is 0 Å². The van der Waals surface area contributed by atoms with Crippen LogP contribution in [0.2, 0.25) is 0 Å². The van der Waals surface area contributed by atoms with Crippen LogP contribution in [-0.2, 0) is 4.74 Å². The van der Waals surface area contributed by atoms with Gasteiger partial charge >= 0.3 is 0 Å². The fraction of sp³-hybridized carbons (Fsp3) is 0.875. The summed E-state index contributed by atoms with van der Waals surface area (Å²) in [6.07, 6.45) is 0.711. The fourth-order valence-electron chi connectivity index (χ4n) is 1.54. The molecular formula is C8H15NOS. The Labute approximate surface area is 73.5 Å². The molecule has 0 spiro atoms. The summed E-state index contributed by atoms with van der Waals surface area (Å²) in [4.78, 5) is 2.33. The maximum atomic E-state index is 5.57. The minimum absolute atomic E-state index is 0.355. The van der Waals surface area contributed by atoms with Gasteiger partial charge in [-0.15, -0.1) is 0 Å². The second kappa shape index (κ2) is 4.14. The predicted molar refractivity (Wildman–Crippen MR) is 50.1 cm³/mol. The lowest BCUT2D eigenvalue weighted by Crippen LogP contribution is -2.45. The average Bonchev–Trinajstić information content (AvgIpc) is 1.85. The van der Waals surface area contributed by atoms with Crippen molar-refractivity contribution in [2.45, 2.75) is 26.1 Å². The summed E-state index contributed by atoms with van der Waals surface area (Å²) in [5, 5.41) is 1.78. The molecule has 1 rings (SSSR count). The van der Waals surface area contributed by atoms with E-state index < -0.39 is 0 Å². The van der Waals surface area contributed by atoms with Crippen LogP contribution in [0.15, 0.2) is 0 Å². The van der Waals surface area contributed by atoms with E-state index in [4.69, 9.17) is 17.0 Å². The van der Waals surface area contributed by atoms with Crippen LogP contribution in [0.1, 0.15) is 13.8 Å². The van der Waals surface area contributed by atoms with Crippen molar-refractivity contribution in [1.82, 2.24) is 4.90 Å². The van der Waals surface area contributed by atoms with Crippen LogP contribution >= 0.6 is 12.2 Å². The van der Waals surface area contributed by atoms with E-state index in [1.54, 1.807) is 5.37 Å². The van der Waals surface area contributed by atoms with Gasteiger partial charge in [-0.2, -0.15) is 0 Å². The number of hydrogen-bond acceptors (Lipinski definition) is 3. The molecule has 0 N–H and O–H groups in total. The molecule has 0 amide bonds. The van der Waals surface area contributed by atoms with Crippen LogP contribution in [-0.4, -0.2) is 42.1 Å². The van der Waals surface area contributed by atoms with Crippen molar-refractivity contribution in [2.24, 2.45) is 0 Å². The Morgan fingerprint density at radius 1 is 1.45 bits per heavy atom. The highest BCUT2D eigenvalue weighted by Crippen LogP contribution is 2.09. The number of morpholine rings is 1. The molecule has 0 aromatic carbocycles. The first kappa shape index (κ1) is 9.10. The van der Waals surface area contributed by atoms with Gasteiger partial charge in [0.15, 0.2) is 0 Å². The van der Waals surface area contributed by atoms with Crippen molar-refractivity contribution in [3.05, 3.63) is 0 Å². The van der Waals surface area contributed by atoms with Crippen LogP contribution in [0.25, 0.3) is 0 Å². The van der Waals surface area contributed by atoms with Crippen LogP contribution in [0.4, 0.5) is 0 Å². The summed E-state index contributed by atoms with van der Waals surface area (Å²) in [5.74, 6) is 0. The molecule has 0 aromatic rings. The molecule has 11 heavy (non-hydrogen) atoms. The van der Waals surface area contributed by atoms with E-state index >= 15 is 0 Å². The molecule has 0 aromatic heterocycles. The second-order valence-electron chi connectivity index (χ2n) is 3.14. The summed E-state index contributed by atoms with van der Waals surface area (Å²) in [6.45, 7) is 7.14. The smallest absolute Gasteiger partial charge is 0.0678 e. The second-order valence-corrected chi connectivity index (χ2v) is 3.48.